The van der Waals surface area contributed by atoms with Crippen molar-refractivity contribution in [2.45, 2.75) is 69.1 Å². The number of nitrogens with two attached hydrogens (primary N) is 1. The van der Waals surface area contributed by atoms with Gasteiger partial charge in [-0.05, 0) is 55.9 Å². The van der Waals surface area contributed by atoms with E-state index in [9.17, 15) is 4.79 Å². The van der Waals surface area contributed by atoms with Crippen LogP contribution in [0, 0.1) is 12.8 Å². The van der Waals surface area contributed by atoms with E-state index in [1.54, 1.807) is 0 Å². The van der Waals surface area contributed by atoms with Crippen LogP contribution < -0.4 is 11.1 Å². The number of carbonyl (C=O) groups excluding carboxylic acids is 1. The largest absolute Gasteiger partial charge is 0.327 e. The van der Waals surface area contributed by atoms with E-state index in [-0.39, 0.29) is 11.9 Å². The van der Waals surface area contributed by atoms with Gasteiger partial charge >= 0.3 is 0 Å². The minimum atomic E-state index is 0.0905. The van der Waals surface area contributed by atoms with Crippen LogP contribution in [0.2, 0.25) is 0 Å². The predicted octanol–water partition coefficient (Wildman–Crippen LogP) is 4.34. The zero-order valence-electron chi connectivity index (χ0n) is 13.9. The van der Waals surface area contributed by atoms with Crippen LogP contribution in [-0.4, -0.2) is 17.2 Å². The lowest BCUT2D eigenvalue weighted by molar-refractivity contribution is -0.117. The Balaban J connectivity index is 1.93. The van der Waals surface area contributed by atoms with E-state index in [0.29, 0.717) is 17.6 Å². The SMILES string of the molecule is CCC(C)Sc1ccc(NC(=O)C[C@@H]2CCC[C@H]2N)c(C)c1. The first-order chi connectivity index (χ1) is 10.5. The zero-order valence-corrected chi connectivity index (χ0v) is 14.7. The van der Waals surface area contributed by atoms with Crippen molar-refractivity contribution in [2.24, 2.45) is 11.7 Å². The molecule has 4 heteroatoms. The molecule has 2 rings (SSSR count). The summed E-state index contributed by atoms with van der Waals surface area (Å²) in [5.74, 6) is 0.438. The highest BCUT2D eigenvalue weighted by Crippen LogP contribution is 2.30. The zero-order chi connectivity index (χ0) is 16.1. The number of benzene rings is 1. The number of thioether (sulfide) groups is 1. The molecular weight excluding hydrogens is 292 g/mol. The number of hydrogen-bond acceptors (Lipinski definition) is 3. The van der Waals surface area contributed by atoms with Gasteiger partial charge in [-0.15, -0.1) is 11.8 Å². The predicted molar refractivity (Wildman–Crippen MR) is 95.4 cm³/mol. The lowest BCUT2D eigenvalue weighted by Gasteiger charge is -2.16. The van der Waals surface area contributed by atoms with E-state index in [4.69, 9.17) is 5.73 Å². The van der Waals surface area contributed by atoms with Crippen LogP contribution in [0.15, 0.2) is 23.1 Å². The molecule has 0 radical (unpaired) electrons. The molecule has 0 aromatic heterocycles. The van der Waals surface area contributed by atoms with Crippen LogP contribution in [0.4, 0.5) is 5.69 Å². The Morgan fingerprint density at radius 1 is 1.45 bits per heavy atom. The Hall–Kier alpha value is -1.00. The van der Waals surface area contributed by atoms with Gasteiger partial charge in [-0.1, -0.05) is 20.3 Å². The maximum absolute atomic E-state index is 12.2. The monoisotopic (exact) mass is 320 g/mol. The maximum Gasteiger partial charge on any atom is 0.224 e. The van der Waals surface area contributed by atoms with Gasteiger partial charge in [0.15, 0.2) is 0 Å². The van der Waals surface area contributed by atoms with Crippen molar-refractivity contribution in [1.29, 1.82) is 0 Å². The maximum atomic E-state index is 12.2. The molecule has 1 amide bonds. The van der Waals surface area contributed by atoms with Gasteiger partial charge in [-0.2, -0.15) is 0 Å². The summed E-state index contributed by atoms with van der Waals surface area (Å²) in [6, 6.07) is 6.47. The van der Waals surface area contributed by atoms with Crippen LogP contribution in [0.3, 0.4) is 0 Å². The Morgan fingerprint density at radius 3 is 2.82 bits per heavy atom. The van der Waals surface area contributed by atoms with Gasteiger partial charge in [-0.3, -0.25) is 4.79 Å². The van der Waals surface area contributed by atoms with Crippen molar-refractivity contribution in [2.75, 3.05) is 5.32 Å². The number of nitrogens with one attached hydrogen (secondary N) is 1. The minimum absolute atomic E-state index is 0.0905. The van der Waals surface area contributed by atoms with Crippen molar-refractivity contribution < 1.29 is 4.79 Å². The standard InChI is InChI=1S/C18H28N2OS/c1-4-13(3)22-15-8-9-17(12(2)10-15)20-18(21)11-14-6-5-7-16(14)19/h8-10,13-14,16H,4-7,11,19H2,1-3H3,(H,20,21)/t13?,14-,16+/m0/s1. The second kappa shape index (κ2) is 8.02. The fraction of sp³-hybridized carbons (Fsp3) is 0.611. The molecule has 1 fully saturated rings. The molecule has 1 saturated carbocycles. The molecule has 22 heavy (non-hydrogen) atoms. The molecule has 0 bridgehead atoms. The molecule has 0 aliphatic heterocycles. The van der Waals surface area contributed by atoms with Gasteiger partial charge in [0.1, 0.15) is 0 Å². The Bertz CT molecular complexity index is 518. The van der Waals surface area contributed by atoms with E-state index in [1.165, 1.54) is 4.90 Å². The fourth-order valence-corrected chi connectivity index (χ4v) is 3.95. The second-order valence-electron chi connectivity index (χ2n) is 6.42. The number of rotatable bonds is 6. The Labute approximate surface area is 138 Å². The van der Waals surface area contributed by atoms with Crippen LogP contribution in [-0.2, 0) is 4.79 Å². The number of aryl methyl sites for hydroxylation is 1. The summed E-state index contributed by atoms with van der Waals surface area (Å²) < 4.78 is 0. The van der Waals surface area contributed by atoms with Crippen LogP contribution in [0.25, 0.3) is 0 Å². The molecule has 1 aromatic carbocycles. The number of amides is 1. The molecule has 1 aromatic rings. The number of hydrogen-bond donors (Lipinski definition) is 2. The van der Waals surface area contributed by atoms with Gasteiger partial charge < -0.3 is 11.1 Å². The van der Waals surface area contributed by atoms with Crippen molar-refractivity contribution in [3.05, 3.63) is 23.8 Å². The summed E-state index contributed by atoms with van der Waals surface area (Å²) in [6.45, 7) is 6.49. The molecule has 0 saturated heterocycles. The fourth-order valence-electron chi connectivity index (χ4n) is 2.92. The normalized spacial score (nSPS) is 22.5. The summed E-state index contributed by atoms with van der Waals surface area (Å²) in [4.78, 5) is 13.5. The third kappa shape index (κ3) is 4.75. The first-order valence-electron chi connectivity index (χ1n) is 8.32. The highest BCUT2D eigenvalue weighted by atomic mass is 32.2. The van der Waals surface area contributed by atoms with E-state index in [2.05, 4.69) is 38.2 Å². The van der Waals surface area contributed by atoms with Crippen LogP contribution in [0.1, 0.15) is 51.5 Å². The molecule has 0 spiro atoms. The van der Waals surface area contributed by atoms with Gasteiger partial charge in [0.25, 0.3) is 0 Å². The third-order valence-corrected chi connectivity index (χ3v) is 5.81. The molecule has 3 nitrogen and oxygen atoms in total. The lowest BCUT2D eigenvalue weighted by Crippen LogP contribution is -2.28. The van der Waals surface area contributed by atoms with Crippen molar-refractivity contribution in [3.63, 3.8) is 0 Å². The van der Waals surface area contributed by atoms with Crippen LogP contribution >= 0.6 is 11.8 Å². The Kier molecular flexibility index (Phi) is 6.33. The van der Waals surface area contributed by atoms with Crippen molar-refractivity contribution in [3.8, 4) is 0 Å². The van der Waals surface area contributed by atoms with E-state index < -0.39 is 0 Å². The third-order valence-electron chi connectivity index (χ3n) is 4.55. The number of anilines is 1. The lowest BCUT2D eigenvalue weighted by atomic mass is 10.00. The average Bonchev–Trinajstić information content (AvgIpc) is 2.87. The molecule has 3 N–H and O–H groups in total. The second-order valence-corrected chi connectivity index (χ2v) is 7.93. The van der Waals surface area contributed by atoms with Crippen molar-refractivity contribution >= 4 is 23.4 Å². The smallest absolute Gasteiger partial charge is 0.224 e. The minimum Gasteiger partial charge on any atom is -0.327 e. The summed E-state index contributed by atoms with van der Waals surface area (Å²) in [6.07, 6.45) is 4.99. The Morgan fingerprint density at radius 2 is 2.23 bits per heavy atom. The highest BCUT2D eigenvalue weighted by molar-refractivity contribution is 7.99. The average molecular weight is 321 g/mol. The van der Waals surface area contributed by atoms with Crippen molar-refractivity contribution in [1.82, 2.24) is 0 Å². The van der Waals surface area contributed by atoms with Gasteiger partial charge in [0.2, 0.25) is 5.91 Å². The first kappa shape index (κ1) is 17.4. The van der Waals surface area contributed by atoms with Crippen LogP contribution in [0.5, 0.6) is 0 Å². The summed E-state index contributed by atoms with van der Waals surface area (Å²) in [5.41, 5.74) is 8.09. The van der Waals surface area contributed by atoms with Gasteiger partial charge in [0.05, 0.1) is 0 Å². The van der Waals surface area contributed by atoms with E-state index in [1.807, 2.05) is 17.8 Å². The molecule has 1 aliphatic rings. The summed E-state index contributed by atoms with van der Waals surface area (Å²) >= 11 is 1.88. The molecule has 0 heterocycles. The van der Waals surface area contributed by atoms with Gasteiger partial charge in [0, 0.05) is 28.3 Å². The van der Waals surface area contributed by atoms with E-state index in [0.717, 1.165) is 36.9 Å². The summed E-state index contributed by atoms with van der Waals surface area (Å²) in [5, 5.41) is 3.66. The highest BCUT2D eigenvalue weighted by Gasteiger charge is 2.26. The first-order valence-corrected chi connectivity index (χ1v) is 9.20. The molecule has 122 valence electrons. The molecule has 1 unspecified atom stereocenters. The number of carbonyl (C=O) groups is 1. The summed E-state index contributed by atoms with van der Waals surface area (Å²) in [7, 11) is 0. The quantitative estimate of drug-likeness (QED) is 0.767. The molecular formula is C18H28N2OS. The van der Waals surface area contributed by atoms with E-state index >= 15 is 0 Å². The van der Waals surface area contributed by atoms with Gasteiger partial charge in [-0.25, -0.2) is 0 Å². The molecule has 3 atom stereocenters. The topological polar surface area (TPSA) is 55.1 Å². The molecule has 1 aliphatic carbocycles.